The zero-order chi connectivity index (χ0) is 17.6. The molecule has 134 valence electrons. The van der Waals surface area contributed by atoms with Crippen LogP contribution in [0.25, 0.3) is 0 Å². The highest BCUT2D eigenvalue weighted by Gasteiger charge is 2.13. The van der Waals surface area contributed by atoms with Crippen LogP contribution in [-0.4, -0.2) is 42.4 Å². The molecule has 1 aliphatic rings. The molecule has 0 saturated carbocycles. The molecule has 7 nitrogen and oxygen atoms in total. The van der Waals surface area contributed by atoms with Crippen LogP contribution in [0, 0.1) is 13.8 Å². The molecule has 3 rings (SSSR count). The highest BCUT2D eigenvalue weighted by Crippen LogP contribution is 2.15. The number of amides is 1. The molecule has 1 fully saturated rings. The molecule has 0 atom stereocenters. The second kappa shape index (κ2) is 8.11. The summed E-state index contributed by atoms with van der Waals surface area (Å²) in [5.74, 6) is 1.75. The van der Waals surface area contributed by atoms with Crippen LogP contribution >= 0.6 is 0 Å². The van der Waals surface area contributed by atoms with Gasteiger partial charge in [-0.2, -0.15) is 0 Å². The smallest absolute Gasteiger partial charge is 0.220 e. The minimum Gasteiger partial charge on any atom is -0.378 e. The van der Waals surface area contributed by atoms with Crippen LogP contribution in [0.3, 0.4) is 0 Å². The molecule has 0 bridgehead atoms. The molecule has 2 aromatic rings. The number of carbonyl (C=O) groups excluding carboxylic acids is 1. The highest BCUT2D eigenvalue weighted by atomic mass is 16.5. The number of morpholine rings is 1. The first-order chi connectivity index (χ1) is 12.1. The van der Waals surface area contributed by atoms with Crippen molar-refractivity contribution in [2.45, 2.75) is 33.2 Å². The van der Waals surface area contributed by atoms with Crippen LogP contribution in [0.2, 0.25) is 0 Å². The molecule has 3 heterocycles. The van der Waals surface area contributed by atoms with E-state index in [4.69, 9.17) is 9.26 Å². The topological polar surface area (TPSA) is 80.5 Å². The summed E-state index contributed by atoms with van der Waals surface area (Å²) in [6.45, 7) is 7.46. The summed E-state index contributed by atoms with van der Waals surface area (Å²) in [5.41, 5.74) is 2.86. The fraction of sp³-hybridized carbons (Fsp3) is 0.500. The predicted octanol–water partition coefficient (Wildman–Crippen LogP) is 1.77. The lowest BCUT2D eigenvalue weighted by Crippen LogP contribution is -2.36. The maximum atomic E-state index is 12.0. The Balaban J connectivity index is 1.45. The molecule has 0 aliphatic carbocycles. The zero-order valence-corrected chi connectivity index (χ0v) is 14.7. The van der Waals surface area contributed by atoms with Crippen LogP contribution in [-0.2, 0) is 22.5 Å². The van der Waals surface area contributed by atoms with E-state index < -0.39 is 0 Å². The van der Waals surface area contributed by atoms with Crippen LogP contribution in [0.4, 0.5) is 5.82 Å². The van der Waals surface area contributed by atoms with Gasteiger partial charge in [0.25, 0.3) is 0 Å². The standard InChI is InChI=1S/C18H24N4O3/c1-13-16(14(2)25-21-13)4-6-18(23)20-12-15-3-5-17(19-11-15)22-7-9-24-10-8-22/h3,5,11H,4,6-10,12H2,1-2H3,(H,20,23). The molecule has 25 heavy (non-hydrogen) atoms. The third-order valence-electron chi connectivity index (χ3n) is 4.42. The summed E-state index contributed by atoms with van der Waals surface area (Å²) in [6, 6.07) is 4.00. The molecule has 0 spiro atoms. The second-order valence-corrected chi connectivity index (χ2v) is 6.20. The Labute approximate surface area is 147 Å². The number of carbonyl (C=O) groups is 1. The van der Waals surface area contributed by atoms with E-state index in [1.165, 1.54) is 0 Å². The Kier molecular flexibility index (Phi) is 5.65. The number of ether oxygens (including phenoxy) is 1. The summed E-state index contributed by atoms with van der Waals surface area (Å²) >= 11 is 0. The van der Waals surface area contributed by atoms with Gasteiger partial charge in [-0.05, 0) is 31.9 Å². The lowest BCUT2D eigenvalue weighted by atomic mass is 10.1. The Hall–Kier alpha value is -2.41. The van der Waals surface area contributed by atoms with Gasteiger partial charge in [0.1, 0.15) is 11.6 Å². The van der Waals surface area contributed by atoms with Crippen molar-refractivity contribution in [1.82, 2.24) is 15.5 Å². The SMILES string of the molecule is Cc1noc(C)c1CCC(=O)NCc1ccc(N2CCOCC2)nc1. The van der Waals surface area contributed by atoms with Gasteiger partial charge in [0.05, 0.1) is 18.9 Å². The number of rotatable bonds is 6. The lowest BCUT2D eigenvalue weighted by molar-refractivity contribution is -0.121. The molecular formula is C18H24N4O3. The fourth-order valence-corrected chi connectivity index (χ4v) is 2.89. The van der Waals surface area contributed by atoms with Crippen molar-refractivity contribution in [3.8, 4) is 0 Å². The third kappa shape index (κ3) is 4.57. The summed E-state index contributed by atoms with van der Waals surface area (Å²) in [5, 5.41) is 6.84. The molecule has 1 N–H and O–H groups in total. The molecule has 0 radical (unpaired) electrons. The number of nitrogens with zero attached hydrogens (tertiary/aromatic N) is 3. The molecule has 1 saturated heterocycles. The molecule has 1 aliphatic heterocycles. The second-order valence-electron chi connectivity index (χ2n) is 6.20. The monoisotopic (exact) mass is 344 g/mol. The molecule has 0 aromatic carbocycles. The van der Waals surface area contributed by atoms with E-state index in [9.17, 15) is 4.79 Å². The van der Waals surface area contributed by atoms with Gasteiger partial charge >= 0.3 is 0 Å². The first kappa shape index (κ1) is 17.4. The number of anilines is 1. The van der Waals surface area contributed by atoms with Gasteiger partial charge in [0.2, 0.25) is 5.91 Å². The summed E-state index contributed by atoms with van der Waals surface area (Å²) in [4.78, 5) is 18.7. The van der Waals surface area contributed by atoms with Crippen molar-refractivity contribution in [2.75, 3.05) is 31.2 Å². The van der Waals surface area contributed by atoms with E-state index in [-0.39, 0.29) is 5.91 Å². The summed E-state index contributed by atoms with van der Waals surface area (Å²) in [6.07, 6.45) is 2.88. The minimum atomic E-state index is 0.0113. The van der Waals surface area contributed by atoms with Crippen molar-refractivity contribution >= 4 is 11.7 Å². The maximum absolute atomic E-state index is 12.0. The molecule has 2 aromatic heterocycles. The minimum absolute atomic E-state index is 0.0113. The summed E-state index contributed by atoms with van der Waals surface area (Å²) < 4.78 is 10.5. The van der Waals surface area contributed by atoms with E-state index in [1.807, 2.05) is 32.2 Å². The van der Waals surface area contributed by atoms with E-state index >= 15 is 0 Å². The number of nitrogens with one attached hydrogen (secondary N) is 1. The zero-order valence-electron chi connectivity index (χ0n) is 14.7. The van der Waals surface area contributed by atoms with Crippen molar-refractivity contribution in [1.29, 1.82) is 0 Å². The van der Waals surface area contributed by atoms with Crippen LogP contribution < -0.4 is 10.2 Å². The number of hydrogen-bond donors (Lipinski definition) is 1. The van der Waals surface area contributed by atoms with Crippen LogP contribution in [0.1, 0.15) is 29.0 Å². The van der Waals surface area contributed by atoms with Gasteiger partial charge in [-0.15, -0.1) is 0 Å². The number of hydrogen-bond acceptors (Lipinski definition) is 6. The van der Waals surface area contributed by atoms with Crippen LogP contribution in [0.15, 0.2) is 22.9 Å². The largest absolute Gasteiger partial charge is 0.378 e. The van der Waals surface area contributed by atoms with E-state index in [2.05, 4.69) is 20.4 Å². The molecule has 1 amide bonds. The van der Waals surface area contributed by atoms with Crippen LogP contribution in [0.5, 0.6) is 0 Å². The average molecular weight is 344 g/mol. The van der Waals surface area contributed by atoms with E-state index in [0.29, 0.717) is 19.4 Å². The van der Waals surface area contributed by atoms with Gasteiger partial charge in [0.15, 0.2) is 0 Å². The van der Waals surface area contributed by atoms with Crippen molar-refractivity contribution in [2.24, 2.45) is 0 Å². The van der Waals surface area contributed by atoms with Crippen molar-refractivity contribution in [3.63, 3.8) is 0 Å². The van der Waals surface area contributed by atoms with Gasteiger partial charge in [-0.1, -0.05) is 11.2 Å². The highest BCUT2D eigenvalue weighted by molar-refractivity contribution is 5.76. The fourth-order valence-electron chi connectivity index (χ4n) is 2.89. The van der Waals surface area contributed by atoms with Gasteiger partial charge in [0, 0.05) is 37.8 Å². The average Bonchev–Trinajstić information content (AvgIpc) is 2.97. The van der Waals surface area contributed by atoms with Gasteiger partial charge in [-0.25, -0.2) is 4.98 Å². The maximum Gasteiger partial charge on any atom is 0.220 e. The first-order valence-electron chi connectivity index (χ1n) is 8.59. The normalized spacial score (nSPS) is 14.6. The van der Waals surface area contributed by atoms with E-state index in [0.717, 1.165) is 54.7 Å². The number of aryl methyl sites for hydroxylation is 2. The Morgan fingerprint density at radius 1 is 1.28 bits per heavy atom. The molecular weight excluding hydrogens is 320 g/mol. The first-order valence-corrected chi connectivity index (χ1v) is 8.59. The van der Waals surface area contributed by atoms with Crippen molar-refractivity contribution < 1.29 is 14.1 Å². The van der Waals surface area contributed by atoms with E-state index in [1.54, 1.807) is 0 Å². The molecule has 7 heteroatoms. The Morgan fingerprint density at radius 2 is 2.08 bits per heavy atom. The van der Waals surface area contributed by atoms with Gasteiger partial charge in [-0.3, -0.25) is 4.79 Å². The quantitative estimate of drug-likeness (QED) is 0.860. The Bertz CT molecular complexity index is 686. The Morgan fingerprint density at radius 3 is 2.72 bits per heavy atom. The number of pyridine rings is 1. The lowest BCUT2D eigenvalue weighted by Gasteiger charge is -2.27. The molecule has 0 unspecified atom stereocenters. The van der Waals surface area contributed by atoms with Gasteiger partial charge < -0.3 is 19.5 Å². The predicted molar refractivity (Wildman–Crippen MR) is 93.4 cm³/mol. The van der Waals surface area contributed by atoms with Crippen molar-refractivity contribution in [3.05, 3.63) is 40.9 Å². The number of aromatic nitrogens is 2. The third-order valence-corrected chi connectivity index (χ3v) is 4.42. The summed E-state index contributed by atoms with van der Waals surface area (Å²) in [7, 11) is 0.